The van der Waals surface area contributed by atoms with Crippen LogP contribution in [0.3, 0.4) is 0 Å². The third kappa shape index (κ3) is 2.92. The Labute approximate surface area is 123 Å². The molecule has 1 aromatic carbocycles. The zero-order valence-electron chi connectivity index (χ0n) is 9.64. The van der Waals surface area contributed by atoms with Crippen LogP contribution in [0.1, 0.15) is 0 Å². The normalized spacial score (nSPS) is 11.3. The van der Waals surface area contributed by atoms with E-state index in [1.54, 1.807) is 0 Å². The lowest BCUT2D eigenvalue weighted by Gasteiger charge is -2.10. The fourth-order valence-electron chi connectivity index (χ4n) is 1.30. The summed E-state index contributed by atoms with van der Waals surface area (Å²) >= 11 is 11.4. The number of hydrogen-bond donors (Lipinski definition) is 2. The first-order valence-electron chi connectivity index (χ1n) is 5.05. The quantitative estimate of drug-likeness (QED) is 0.662. The molecule has 0 aliphatic rings. The lowest BCUT2D eigenvalue weighted by Crippen LogP contribution is -2.14. The lowest BCUT2D eigenvalue weighted by molar-refractivity contribution is 0.596. The Morgan fingerprint density at radius 2 is 1.80 bits per heavy atom. The third-order valence-electron chi connectivity index (χ3n) is 2.27. The Balaban J connectivity index is 2.43. The van der Waals surface area contributed by atoms with Gasteiger partial charge in [-0.25, -0.2) is 22.8 Å². The first-order chi connectivity index (χ1) is 9.31. The van der Waals surface area contributed by atoms with Crippen LogP contribution >= 0.6 is 23.2 Å². The van der Waals surface area contributed by atoms with Gasteiger partial charge in [0.25, 0.3) is 10.0 Å². The van der Waals surface area contributed by atoms with Crippen molar-refractivity contribution in [3.05, 3.63) is 40.6 Å². The van der Waals surface area contributed by atoms with Gasteiger partial charge in [0.05, 0.1) is 10.6 Å². The van der Waals surface area contributed by atoms with Gasteiger partial charge >= 0.3 is 0 Å². The summed E-state index contributed by atoms with van der Waals surface area (Å²) in [5.74, 6) is -0.852. The fourth-order valence-corrected chi connectivity index (χ4v) is 2.90. The molecular weight excluding hydrogens is 330 g/mol. The van der Waals surface area contributed by atoms with Crippen LogP contribution in [0.25, 0.3) is 0 Å². The number of nitrogens with one attached hydrogen (secondary N) is 1. The number of benzene rings is 1. The second kappa shape index (κ2) is 5.39. The second-order valence-electron chi connectivity index (χ2n) is 3.62. The van der Waals surface area contributed by atoms with Gasteiger partial charge in [0, 0.05) is 0 Å². The molecule has 20 heavy (non-hydrogen) atoms. The molecule has 0 atom stereocenters. The molecule has 1 heterocycles. The summed E-state index contributed by atoms with van der Waals surface area (Å²) in [5.41, 5.74) is 4.93. The summed E-state index contributed by atoms with van der Waals surface area (Å²) in [5, 5.41) is -0.353. The number of sulfonamides is 1. The predicted octanol–water partition coefficient (Wildman–Crippen LogP) is 2.31. The zero-order valence-corrected chi connectivity index (χ0v) is 12.0. The number of hydrogen-bond acceptors (Lipinski definition) is 5. The van der Waals surface area contributed by atoms with Gasteiger partial charge in [-0.2, -0.15) is 0 Å². The van der Waals surface area contributed by atoms with Crippen LogP contribution in [0.5, 0.6) is 0 Å². The van der Waals surface area contributed by atoms with Gasteiger partial charge < -0.3 is 5.73 Å². The van der Waals surface area contributed by atoms with Crippen LogP contribution in [0.15, 0.2) is 29.4 Å². The maximum atomic E-state index is 13.3. The summed E-state index contributed by atoms with van der Waals surface area (Å²) < 4.78 is 39.6. The van der Waals surface area contributed by atoms with Gasteiger partial charge in [0.2, 0.25) is 0 Å². The Bertz CT molecular complexity index is 750. The molecule has 0 bridgehead atoms. The van der Waals surface area contributed by atoms with E-state index in [1.165, 1.54) is 0 Å². The van der Waals surface area contributed by atoms with Crippen molar-refractivity contribution in [2.75, 3.05) is 10.5 Å². The topological polar surface area (TPSA) is 98.0 Å². The number of nitrogen functional groups attached to an aromatic ring is 1. The number of anilines is 2. The molecule has 0 fully saturated rings. The molecule has 0 radical (unpaired) electrons. The first kappa shape index (κ1) is 14.8. The van der Waals surface area contributed by atoms with E-state index >= 15 is 0 Å². The van der Waals surface area contributed by atoms with E-state index < -0.39 is 15.8 Å². The van der Waals surface area contributed by atoms with Crippen molar-refractivity contribution in [1.82, 2.24) is 9.97 Å². The Morgan fingerprint density at radius 1 is 1.20 bits per heavy atom. The van der Waals surface area contributed by atoms with Crippen LogP contribution in [-0.4, -0.2) is 18.4 Å². The largest absolute Gasteiger partial charge is 0.396 e. The molecule has 1 aromatic heterocycles. The number of halogens is 3. The molecule has 2 aromatic rings. The molecule has 10 heteroatoms. The lowest BCUT2D eigenvalue weighted by atomic mass is 10.3. The van der Waals surface area contributed by atoms with Crippen LogP contribution in [0.2, 0.25) is 10.3 Å². The summed E-state index contributed by atoms with van der Waals surface area (Å²) in [7, 11) is -4.09. The van der Waals surface area contributed by atoms with Crippen molar-refractivity contribution in [3.63, 3.8) is 0 Å². The monoisotopic (exact) mass is 336 g/mol. The van der Waals surface area contributed by atoms with Crippen LogP contribution in [-0.2, 0) is 10.0 Å². The smallest absolute Gasteiger partial charge is 0.262 e. The Morgan fingerprint density at radius 3 is 2.35 bits per heavy atom. The molecule has 106 valence electrons. The van der Waals surface area contributed by atoms with Gasteiger partial charge in [0.15, 0.2) is 10.3 Å². The average molecular weight is 337 g/mol. The molecule has 6 nitrogen and oxygen atoms in total. The van der Waals surface area contributed by atoms with Crippen LogP contribution < -0.4 is 10.5 Å². The maximum Gasteiger partial charge on any atom is 0.262 e. The highest BCUT2D eigenvalue weighted by Crippen LogP contribution is 2.28. The highest BCUT2D eigenvalue weighted by atomic mass is 35.5. The van der Waals surface area contributed by atoms with E-state index in [-0.39, 0.29) is 26.6 Å². The molecular formula is C10H7Cl2FN4O2S. The third-order valence-corrected chi connectivity index (χ3v) is 4.19. The molecule has 0 saturated heterocycles. The zero-order chi connectivity index (χ0) is 14.9. The van der Waals surface area contributed by atoms with Crippen molar-refractivity contribution < 1.29 is 12.8 Å². The number of nitrogens with zero attached hydrogens (tertiary/aromatic N) is 2. The van der Waals surface area contributed by atoms with Gasteiger partial charge in [-0.3, -0.25) is 4.72 Å². The SMILES string of the molecule is Nc1ccc(S(=O)(=O)Nc2c(Cl)ncnc2Cl)cc1F. The van der Waals surface area contributed by atoms with E-state index in [0.717, 1.165) is 24.5 Å². The van der Waals surface area contributed by atoms with Crippen LogP contribution in [0.4, 0.5) is 15.8 Å². The summed E-state index contributed by atoms with van der Waals surface area (Å²) in [4.78, 5) is 6.86. The molecule has 3 N–H and O–H groups in total. The number of nitrogens with two attached hydrogens (primary N) is 1. The van der Waals surface area contributed by atoms with Crippen molar-refractivity contribution in [2.45, 2.75) is 4.90 Å². The van der Waals surface area contributed by atoms with Gasteiger partial charge in [0.1, 0.15) is 17.8 Å². The predicted molar refractivity (Wildman–Crippen MR) is 73.7 cm³/mol. The van der Waals surface area contributed by atoms with Crippen molar-refractivity contribution in [1.29, 1.82) is 0 Å². The minimum Gasteiger partial charge on any atom is -0.396 e. The summed E-state index contributed by atoms with van der Waals surface area (Å²) in [6.45, 7) is 0. The summed E-state index contributed by atoms with van der Waals surface area (Å²) in [6.07, 6.45) is 1.07. The number of aromatic nitrogens is 2. The molecule has 0 saturated carbocycles. The van der Waals surface area contributed by atoms with Crippen molar-refractivity contribution in [3.8, 4) is 0 Å². The van der Waals surface area contributed by atoms with Gasteiger partial charge in [-0.1, -0.05) is 23.2 Å². The van der Waals surface area contributed by atoms with E-state index in [1.807, 2.05) is 0 Å². The fraction of sp³-hybridized carbons (Fsp3) is 0. The standard InChI is InChI=1S/C10H7Cl2FN4O2S/c11-9-8(10(12)16-4-15-9)17-20(18,19)5-1-2-7(14)6(13)3-5/h1-4,17H,14H2. The maximum absolute atomic E-state index is 13.3. The Hall–Kier alpha value is -1.64. The molecule has 0 spiro atoms. The molecule has 0 amide bonds. The van der Waals surface area contributed by atoms with Crippen molar-refractivity contribution in [2.24, 2.45) is 0 Å². The highest BCUT2D eigenvalue weighted by Gasteiger charge is 2.20. The second-order valence-corrected chi connectivity index (χ2v) is 6.02. The molecule has 0 unspecified atom stereocenters. The Kier molecular flexibility index (Phi) is 3.98. The summed E-state index contributed by atoms with van der Waals surface area (Å²) in [6, 6.07) is 3.06. The molecule has 0 aliphatic heterocycles. The molecule has 0 aliphatic carbocycles. The van der Waals surface area contributed by atoms with E-state index in [9.17, 15) is 12.8 Å². The number of rotatable bonds is 3. The minimum atomic E-state index is -4.09. The van der Waals surface area contributed by atoms with Gasteiger partial charge in [-0.05, 0) is 18.2 Å². The van der Waals surface area contributed by atoms with E-state index in [0.29, 0.717) is 0 Å². The minimum absolute atomic E-state index is 0.164. The average Bonchev–Trinajstić information content (AvgIpc) is 2.37. The first-order valence-corrected chi connectivity index (χ1v) is 7.29. The van der Waals surface area contributed by atoms with Crippen LogP contribution in [0, 0.1) is 5.82 Å². The van der Waals surface area contributed by atoms with Gasteiger partial charge in [-0.15, -0.1) is 0 Å². The van der Waals surface area contributed by atoms with Crippen molar-refractivity contribution >= 4 is 44.6 Å². The van der Waals surface area contributed by atoms with E-state index in [4.69, 9.17) is 28.9 Å². The molecule has 2 rings (SSSR count). The van der Waals surface area contributed by atoms with E-state index in [2.05, 4.69) is 14.7 Å². The highest BCUT2D eigenvalue weighted by molar-refractivity contribution is 7.92.